The van der Waals surface area contributed by atoms with Crippen LogP contribution in [0.2, 0.25) is 5.02 Å². The number of benzene rings is 2. The lowest BCUT2D eigenvalue weighted by molar-refractivity contribution is -0.115. The van der Waals surface area contributed by atoms with Gasteiger partial charge in [0.2, 0.25) is 5.91 Å². The molecule has 138 valence electrons. The van der Waals surface area contributed by atoms with E-state index in [1.165, 1.54) is 18.1 Å². The summed E-state index contributed by atoms with van der Waals surface area (Å²) in [6.07, 6.45) is 1.51. The number of thioether (sulfide) groups is 1. The zero-order valence-electron chi connectivity index (χ0n) is 14.8. The number of rotatable bonds is 6. The van der Waals surface area contributed by atoms with Crippen LogP contribution in [-0.4, -0.2) is 28.2 Å². The zero-order chi connectivity index (χ0) is 19.2. The average Bonchev–Trinajstić information content (AvgIpc) is 2.69. The summed E-state index contributed by atoms with van der Waals surface area (Å²) in [7, 11) is 1.54. The lowest BCUT2D eigenvalue weighted by Gasteiger charge is -2.14. The molecule has 2 aromatic carbocycles. The van der Waals surface area contributed by atoms with Crippen molar-refractivity contribution >= 4 is 35.0 Å². The van der Waals surface area contributed by atoms with Gasteiger partial charge < -0.3 is 10.1 Å². The van der Waals surface area contributed by atoms with Crippen molar-refractivity contribution in [3.63, 3.8) is 0 Å². The number of hydrogen-bond donors (Lipinski definition) is 1. The SMILES string of the molecule is COc1ccc(Cl)cc1NC(=O)[C@@H](C)Sc1cc(-c2ccccc2)ncn1. The van der Waals surface area contributed by atoms with Crippen LogP contribution in [0.15, 0.2) is 66.0 Å². The minimum absolute atomic E-state index is 0.166. The molecule has 7 heteroatoms. The van der Waals surface area contributed by atoms with Crippen LogP contribution in [0.1, 0.15) is 6.92 Å². The molecule has 1 amide bonds. The van der Waals surface area contributed by atoms with Crippen LogP contribution in [-0.2, 0) is 4.79 Å². The van der Waals surface area contributed by atoms with Gasteiger partial charge in [0, 0.05) is 10.6 Å². The summed E-state index contributed by atoms with van der Waals surface area (Å²) in [5.74, 6) is 0.388. The van der Waals surface area contributed by atoms with Gasteiger partial charge in [-0.15, -0.1) is 0 Å². The highest BCUT2D eigenvalue weighted by Gasteiger charge is 2.18. The van der Waals surface area contributed by atoms with E-state index in [0.717, 1.165) is 16.3 Å². The first-order valence-electron chi connectivity index (χ1n) is 8.25. The molecule has 1 atom stereocenters. The van der Waals surface area contributed by atoms with Crippen molar-refractivity contribution in [3.8, 4) is 17.0 Å². The average molecular weight is 400 g/mol. The minimum Gasteiger partial charge on any atom is -0.495 e. The number of nitrogens with zero attached hydrogens (tertiary/aromatic N) is 2. The Bertz CT molecular complexity index is 938. The summed E-state index contributed by atoms with van der Waals surface area (Å²) in [6.45, 7) is 1.82. The Morgan fingerprint density at radius 2 is 1.93 bits per heavy atom. The van der Waals surface area contributed by atoms with Gasteiger partial charge in [-0.2, -0.15) is 0 Å². The molecule has 3 aromatic rings. The van der Waals surface area contributed by atoms with Crippen LogP contribution in [0.5, 0.6) is 5.75 Å². The summed E-state index contributed by atoms with van der Waals surface area (Å²) in [5, 5.41) is 3.74. The van der Waals surface area contributed by atoms with Gasteiger partial charge in [0.1, 0.15) is 17.1 Å². The van der Waals surface area contributed by atoms with Crippen molar-refractivity contribution in [3.05, 3.63) is 65.9 Å². The van der Waals surface area contributed by atoms with E-state index in [-0.39, 0.29) is 11.2 Å². The number of anilines is 1. The molecule has 0 saturated carbocycles. The molecule has 0 radical (unpaired) electrons. The lowest BCUT2D eigenvalue weighted by atomic mass is 10.1. The number of hydrogen-bond acceptors (Lipinski definition) is 5. The van der Waals surface area contributed by atoms with Gasteiger partial charge >= 0.3 is 0 Å². The van der Waals surface area contributed by atoms with E-state index in [1.54, 1.807) is 25.3 Å². The fourth-order valence-electron chi connectivity index (χ4n) is 2.42. The molecular formula is C20H18ClN3O2S. The second-order valence-corrected chi connectivity index (χ2v) is 7.50. The number of amides is 1. The Morgan fingerprint density at radius 1 is 1.15 bits per heavy atom. The Balaban J connectivity index is 1.71. The van der Waals surface area contributed by atoms with Gasteiger partial charge in [0.05, 0.1) is 23.7 Å². The Labute approximate surface area is 167 Å². The van der Waals surface area contributed by atoms with Crippen molar-refractivity contribution in [1.29, 1.82) is 0 Å². The Kier molecular flexibility index (Phi) is 6.32. The number of carbonyl (C=O) groups excluding carboxylic acids is 1. The van der Waals surface area contributed by atoms with Crippen LogP contribution in [0.25, 0.3) is 11.3 Å². The molecule has 0 fully saturated rings. The van der Waals surface area contributed by atoms with Crippen molar-refractivity contribution < 1.29 is 9.53 Å². The van der Waals surface area contributed by atoms with Gasteiger partial charge in [-0.05, 0) is 31.2 Å². The normalized spacial score (nSPS) is 11.7. The van der Waals surface area contributed by atoms with Crippen LogP contribution < -0.4 is 10.1 Å². The summed E-state index contributed by atoms with van der Waals surface area (Å²) in [6, 6.07) is 16.8. The zero-order valence-corrected chi connectivity index (χ0v) is 16.4. The molecule has 1 heterocycles. The van der Waals surface area contributed by atoms with Gasteiger partial charge in [-0.3, -0.25) is 4.79 Å². The highest BCUT2D eigenvalue weighted by Crippen LogP contribution is 2.30. The number of nitrogens with one attached hydrogen (secondary N) is 1. The molecule has 1 aromatic heterocycles. The molecule has 0 aliphatic heterocycles. The van der Waals surface area contributed by atoms with E-state index in [1.807, 2.05) is 43.3 Å². The third-order valence-electron chi connectivity index (χ3n) is 3.80. The second kappa shape index (κ2) is 8.88. The molecule has 0 spiro atoms. The van der Waals surface area contributed by atoms with Gasteiger partial charge in [-0.1, -0.05) is 53.7 Å². The molecule has 0 unspecified atom stereocenters. The topological polar surface area (TPSA) is 64.1 Å². The first kappa shape index (κ1) is 19.2. The van der Waals surface area contributed by atoms with E-state index in [4.69, 9.17) is 16.3 Å². The third kappa shape index (κ3) is 4.99. The monoisotopic (exact) mass is 399 g/mol. The quantitative estimate of drug-likeness (QED) is 0.470. The summed E-state index contributed by atoms with van der Waals surface area (Å²) >= 11 is 7.37. The maximum absolute atomic E-state index is 12.6. The summed E-state index contributed by atoms with van der Waals surface area (Å²) < 4.78 is 5.26. The van der Waals surface area contributed by atoms with Gasteiger partial charge in [-0.25, -0.2) is 9.97 Å². The summed E-state index contributed by atoms with van der Waals surface area (Å²) in [4.78, 5) is 21.2. The summed E-state index contributed by atoms with van der Waals surface area (Å²) in [5.41, 5.74) is 2.36. The van der Waals surface area contributed by atoms with Gasteiger partial charge in [0.25, 0.3) is 0 Å². The van der Waals surface area contributed by atoms with E-state index in [0.29, 0.717) is 16.5 Å². The molecule has 0 aliphatic carbocycles. The molecule has 5 nitrogen and oxygen atoms in total. The number of halogens is 1. The smallest absolute Gasteiger partial charge is 0.237 e. The first-order valence-corrected chi connectivity index (χ1v) is 9.51. The van der Waals surface area contributed by atoms with Crippen LogP contribution in [0, 0.1) is 0 Å². The predicted molar refractivity (Wildman–Crippen MR) is 109 cm³/mol. The minimum atomic E-state index is -0.368. The molecule has 1 N–H and O–H groups in total. The van der Waals surface area contributed by atoms with Crippen molar-refractivity contribution in [2.45, 2.75) is 17.2 Å². The molecule has 27 heavy (non-hydrogen) atoms. The molecule has 3 rings (SSSR count). The number of ether oxygens (including phenoxy) is 1. The van der Waals surface area contributed by atoms with Gasteiger partial charge in [0.15, 0.2) is 0 Å². The van der Waals surface area contributed by atoms with E-state index >= 15 is 0 Å². The molecule has 0 aliphatic rings. The van der Waals surface area contributed by atoms with Crippen LogP contribution in [0.3, 0.4) is 0 Å². The maximum Gasteiger partial charge on any atom is 0.237 e. The molecular weight excluding hydrogens is 382 g/mol. The Hall–Kier alpha value is -2.57. The molecule has 0 saturated heterocycles. The fourth-order valence-corrected chi connectivity index (χ4v) is 3.41. The lowest BCUT2D eigenvalue weighted by Crippen LogP contribution is -2.22. The highest BCUT2D eigenvalue weighted by molar-refractivity contribution is 8.00. The van der Waals surface area contributed by atoms with E-state index in [9.17, 15) is 4.79 Å². The number of methoxy groups -OCH3 is 1. The number of aromatic nitrogens is 2. The maximum atomic E-state index is 12.6. The molecule has 0 bridgehead atoms. The van der Waals surface area contributed by atoms with E-state index in [2.05, 4.69) is 15.3 Å². The predicted octanol–water partition coefficient (Wildman–Crippen LogP) is 4.92. The van der Waals surface area contributed by atoms with Crippen molar-refractivity contribution in [2.75, 3.05) is 12.4 Å². The van der Waals surface area contributed by atoms with Crippen LogP contribution in [0.4, 0.5) is 5.69 Å². The number of carbonyl (C=O) groups is 1. The van der Waals surface area contributed by atoms with Crippen molar-refractivity contribution in [2.24, 2.45) is 0 Å². The second-order valence-electron chi connectivity index (χ2n) is 5.70. The van der Waals surface area contributed by atoms with Crippen LogP contribution >= 0.6 is 23.4 Å². The Morgan fingerprint density at radius 3 is 2.67 bits per heavy atom. The third-order valence-corrected chi connectivity index (χ3v) is 5.07. The van der Waals surface area contributed by atoms with Crippen molar-refractivity contribution in [1.82, 2.24) is 9.97 Å². The highest BCUT2D eigenvalue weighted by atomic mass is 35.5. The van der Waals surface area contributed by atoms with E-state index < -0.39 is 0 Å². The first-order chi connectivity index (χ1) is 13.1. The standard InChI is InChI=1S/C20H18ClN3O2S/c1-13(20(25)24-17-10-15(21)8-9-18(17)26-2)27-19-11-16(22-12-23-19)14-6-4-3-5-7-14/h3-13H,1-2H3,(H,24,25)/t13-/m1/s1. The largest absolute Gasteiger partial charge is 0.495 e. The fraction of sp³-hybridized carbons (Fsp3) is 0.150.